The molecule has 0 radical (unpaired) electrons. The number of pyridine rings is 1. The maximum absolute atomic E-state index is 11.1. The highest BCUT2D eigenvalue weighted by molar-refractivity contribution is 8.00. The zero-order valence-corrected chi connectivity index (χ0v) is 20.0. The van der Waals surface area contributed by atoms with E-state index < -0.39 is 4.92 Å². The van der Waals surface area contributed by atoms with Crippen molar-refractivity contribution < 1.29 is 4.92 Å². The van der Waals surface area contributed by atoms with Crippen LogP contribution in [-0.4, -0.2) is 45.6 Å². The van der Waals surface area contributed by atoms with E-state index in [1.165, 1.54) is 21.2 Å². The van der Waals surface area contributed by atoms with E-state index in [1.807, 2.05) is 48.6 Å². The van der Waals surface area contributed by atoms with Gasteiger partial charge in [0.2, 0.25) is 5.65 Å². The minimum Gasteiger partial charge on any atom is -0.358 e. The summed E-state index contributed by atoms with van der Waals surface area (Å²) in [5.74, 6) is 1.70. The molecule has 172 valence electrons. The third-order valence-corrected chi connectivity index (χ3v) is 7.66. The lowest BCUT2D eigenvalue weighted by molar-refractivity contribution is -0.391. The molecule has 0 saturated carbocycles. The minimum atomic E-state index is -0.474. The monoisotopic (exact) mass is 491 g/mol. The van der Waals surface area contributed by atoms with Crippen molar-refractivity contribution in [2.24, 2.45) is 0 Å². The lowest BCUT2D eigenvalue weighted by Gasteiger charge is -2.11. The molecule has 0 bridgehead atoms. The smallest absolute Gasteiger partial charge is 0.358 e. The molecule has 9 nitrogen and oxygen atoms in total. The number of aromatic nitrogens is 6. The van der Waals surface area contributed by atoms with E-state index in [0.29, 0.717) is 12.2 Å². The first-order chi connectivity index (χ1) is 16.6. The molecular weight excluding hydrogens is 470 g/mol. The van der Waals surface area contributed by atoms with Crippen molar-refractivity contribution in [2.45, 2.75) is 29.8 Å². The Hall–Kier alpha value is -3.44. The summed E-state index contributed by atoms with van der Waals surface area (Å²) in [5, 5.41) is 16.2. The van der Waals surface area contributed by atoms with Crippen LogP contribution in [0.4, 0.5) is 5.82 Å². The standard InChI is InChI=1S/C23H21N7O2S2/c1-16-18(14-28-15-26-17-5-2-3-6-19(17)28)24-10-9-20(16)33-11-4-12-34-22-8-7-21-25-13-23(30(31)32)29(21)27-22/h2-3,5-10,13,15H,4,11-12,14H2,1H3. The topological polar surface area (TPSA) is 104 Å². The Morgan fingerprint density at radius 1 is 1.03 bits per heavy atom. The molecule has 4 heterocycles. The number of imidazole rings is 2. The number of benzene rings is 1. The van der Waals surface area contributed by atoms with Gasteiger partial charge in [-0.05, 0) is 53.8 Å². The number of nitro groups is 1. The zero-order chi connectivity index (χ0) is 23.5. The summed E-state index contributed by atoms with van der Waals surface area (Å²) in [7, 11) is 0. The van der Waals surface area contributed by atoms with E-state index in [0.717, 1.165) is 39.7 Å². The van der Waals surface area contributed by atoms with Gasteiger partial charge in [-0.2, -0.15) is 0 Å². The summed E-state index contributed by atoms with van der Waals surface area (Å²) >= 11 is 3.41. The lowest BCUT2D eigenvalue weighted by Crippen LogP contribution is -2.03. The first kappa shape index (κ1) is 22.4. The van der Waals surface area contributed by atoms with Crippen LogP contribution >= 0.6 is 23.5 Å². The van der Waals surface area contributed by atoms with E-state index in [1.54, 1.807) is 17.8 Å². The predicted molar refractivity (Wildman–Crippen MR) is 134 cm³/mol. The van der Waals surface area contributed by atoms with Crippen LogP contribution in [0.1, 0.15) is 17.7 Å². The highest BCUT2D eigenvalue weighted by Gasteiger charge is 2.16. The molecule has 5 aromatic rings. The highest BCUT2D eigenvalue weighted by atomic mass is 32.2. The van der Waals surface area contributed by atoms with Gasteiger partial charge in [0.05, 0.1) is 29.6 Å². The Morgan fingerprint density at radius 3 is 2.76 bits per heavy atom. The number of thioether (sulfide) groups is 2. The largest absolute Gasteiger partial charge is 0.368 e. The lowest BCUT2D eigenvalue weighted by atomic mass is 10.2. The molecule has 0 fully saturated rings. The fraction of sp³-hybridized carbons (Fsp3) is 0.217. The Morgan fingerprint density at radius 2 is 1.88 bits per heavy atom. The minimum absolute atomic E-state index is 0.124. The molecule has 34 heavy (non-hydrogen) atoms. The average molecular weight is 492 g/mol. The number of fused-ring (bicyclic) bond motifs is 2. The number of hydrogen-bond donors (Lipinski definition) is 0. The van der Waals surface area contributed by atoms with Crippen LogP contribution in [0.15, 0.2) is 71.1 Å². The SMILES string of the molecule is Cc1c(SCCCSc2ccc3ncc([N+](=O)[O-])n3n2)ccnc1Cn1cnc2ccccc21. The molecule has 0 amide bonds. The van der Waals surface area contributed by atoms with Gasteiger partial charge in [0.25, 0.3) is 0 Å². The van der Waals surface area contributed by atoms with Crippen molar-refractivity contribution in [3.8, 4) is 0 Å². The van der Waals surface area contributed by atoms with Crippen LogP contribution in [0.5, 0.6) is 0 Å². The van der Waals surface area contributed by atoms with E-state index in [9.17, 15) is 10.1 Å². The molecule has 0 unspecified atom stereocenters. The summed E-state index contributed by atoms with van der Waals surface area (Å²) in [6.07, 6.45) is 5.95. The molecule has 0 aliphatic carbocycles. The Kier molecular flexibility index (Phi) is 6.45. The van der Waals surface area contributed by atoms with Gasteiger partial charge >= 0.3 is 5.82 Å². The van der Waals surface area contributed by atoms with Crippen LogP contribution in [0.2, 0.25) is 0 Å². The van der Waals surface area contributed by atoms with E-state index in [4.69, 9.17) is 0 Å². The molecule has 4 aromatic heterocycles. The average Bonchev–Trinajstić information content (AvgIpc) is 3.45. The van der Waals surface area contributed by atoms with Crippen molar-refractivity contribution in [1.29, 1.82) is 0 Å². The molecule has 0 aliphatic rings. The summed E-state index contributed by atoms with van der Waals surface area (Å²) in [6.45, 7) is 2.81. The van der Waals surface area contributed by atoms with E-state index in [-0.39, 0.29) is 5.82 Å². The summed E-state index contributed by atoms with van der Waals surface area (Å²) in [5.41, 5.74) is 4.80. The summed E-state index contributed by atoms with van der Waals surface area (Å²) in [6, 6.07) is 13.8. The third-order valence-electron chi connectivity index (χ3n) is 5.41. The number of rotatable bonds is 9. The third kappa shape index (κ3) is 4.62. The zero-order valence-electron chi connectivity index (χ0n) is 18.4. The fourth-order valence-electron chi connectivity index (χ4n) is 3.64. The predicted octanol–water partition coefficient (Wildman–Crippen LogP) is 5.01. The molecule has 0 atom stereocenters. The maximum Gasteiger partial charge on any atom is 0.368 e. The summed E-state index contributed by atoms with van der Waals surface area (Å²) in [4.78, 5) is 25.0. The van der Waals surface area contributed by atoms with Gasteiger partial charge in [-0.3, -0.25) is 4.98 Å². The molecule has 0 spiro atoms. The fourth-order valence-corrected chi connectivity index (χ4v) is 5.62. The van der Waals surface area contributed by atoms with Crippen LogP contribution < -0.4 is 0 Å². The van der Waals surface area contributed by atoms with Gasteiger partial charge in [0.1, 0.15) is 11.2 Å². The summed E-state index contributed by atoms with van der Waals surface area (Å²) < 4.78 is 3.41. The first-order valence-corrected chi connectivity index (χ1v) is 12.7. The van der Waals surface area contributed by atoms with Crippen molar-refractivity contribution >= 4 is 46.0 Å². The van der Waals surface area contributed by atoms with E-state index in [2.05, 4.69) is 43.7 Å². The van der Waals surface area contributed by atoms with E-state index >= 15 is 0 Å². The number of nitrogens with zero attached hydrogens (tertiary/aromatic N) is 7. The van der Waals surface area contributed by atoms with Gasteiger partial charge in [0, 0.05) is 22.9 Å². The Bertz CT molecular complexity index is 1480. The van der Waals surface area contributed by atoms with Crippen LogP contribution in [0.25, 0.3) is 16.7 Å². The van der Waals surface area contributed by atoms with Crippen molar-refractivity contribution in [3.63, 3.8) is 0 Å². The maximum atomic E-state index is 11.1. The molecule has 0 saturated heterocycles. The van der Waals surface area contributed by atoms with Gasteiger partial charge < -0.3 is 14.7 Å². The Labute approximate surface area is 203 Å². The van der Waals surface area contributed by atoms with Gasteiger partial charge in [-0.1, -0.05) is 21.7 Å². The first-order valence-electron chi connectivity index (χ1n) is 10.7. The molecular formula is C23H21N7O2S2. The van der Waals surface area contributed by atoms with Gasteiger partial charge in [-0.25, -0.2) is 9.97 Å². The van der Waals surface area contributed by atoms with Crippen molar-refractivity contribution in [2.75, 3.05) is 11.5 Å². The highest BCUT2D eigenvalue weighted by Crippen LogP contribution is 2.27. The molecule has 5 rings (SSSR count). The quantitative estimate of drug-likeness (QED) is 0.123. The van der Waals surface area contributed by atoms with Crippen molar-refractivity contribution in [1.82, 2.24) is 29.1 Å². The molecule has 0 N–H and O–H groups in total. The van der Waals surface area contributed by atoms with Crippen LogP contribution in [0.3, 0.4) is 0 Å². The Balaban J connectivity index is 1.17. The second kappa shape index (κ2) is 9.82. The molecule has 1 aromatic carbocycles. The van der Waals surface area contributed by atoms with Gasteiger partial charge in [-0.15, -0.1) is 23.5 Å². The van der Waals surface area contributed by atoms with Crippen LogP contribution in [0, 0.1) is 17.0 Å². The normalized spacial score (nSPS) is 11.4. The molecule has 0 aliphatic heterocycles. The van der Waals surface area contributed by atoms with Crippen LogP contribution in [-0.2, 0) is 6.54 Å². The number of hydrogen-bond acceptors (Lipinski definition) is 8. The molecule has 11 heteroatoms. The van der Waals surface area contributed by atoms with Crippen molar-refractivity contribution in [3.05, 3.63) is 82.6 Å². The second-order valence-corrected chi connectivity index (χ2v) is 9.86. The number of para-hydroxylation sites is 2. The van der Waals surface area contributed by atoms with Gasteiger partial charge in [0.15, 0.2) is 0 Å². The second-order valence-electron chi connectivity index (χ2n) is 7.61.